The molecular formula is C14H20ClNO. The Morgan fingerprint density at radius 2 is 2.06 bits per heavy atom. The van der Waals surface area contributed by atoms with Gasteiger partial charge in [0.1, 0.15) is 0 Å². The van der Waals surface area contributed by atoms with Crippen LogP contribution in [-0.2, 0) is 4.74 Å². The average Bonchev–Trinajstić information content (AvgIpc) is 2.38. The zero-order chi connectivity index (χ0) is 12.3. The molecule has 0 bridgehead atoms. The summed E-state index contributed by atoms with van der Waals surface area (Å²) in [7, 11) is 0. The van der Waals surface area contributed by atoms with Gasteiger partial charge in [0.05, 0.1) is 12.2 Å². The molecule has 0 aliphatic carbocycles. The van der Waals surface area contributed by atoms with Crippen molar-refractivity contribution in [2.45, 2.75) is 32.1 Å². The van der Waals surface area contributed by atoms with Gasteiger partial charge in [-0.2, -0.15) is 0 Å². The van der Waals surface area contributed by atoms with Crippen LogP contribution in [0.1, 0.15) is 25.5 Å². The molecule has 2 rings (SSSR count). The van der Waals surface area contributed by atoms with Crippen LogP contribution in [-0.4, -0.2) is 36.1 Å². The molecule has 1 heterocycles. The summed E-state index contributed by atoms with van der Waals surface area (Å²) in [6, 6.07) is 11.0. The standard InChI is InChI=1S/C14H20ClNO/c1-11-9-16(10-14(8-15)17-11)12(2)13-6-4-3-5-7-13/h3-7,11-12,14H,8-10H2,1-2H3/t11-,12+,14+/m0/s1. The number of halogens is 1. The molecule has 0 N–H and O–H groups in total. The number of rotatable bonds is 3. The second-order valence-corrected chi connectivity index (χ2v) is 5.07. The Hall–Kier alpha value is -0.570. The fourth-order valence-corrected chi connectivity index (χ4v) is 2.60. The molecule has 1 aromatic rings. The van der Waals surface area contributed by atoms with Gasteiger partial charge in [-0.25, -0.2) is 0 Å². The number of benzene rings is 1. The highest BCUT2D eigenvalue weighted by molar-refractivity contribution is 6.18. The zero-order valence-electron chi connectivity index (χ0n) is 10.5. The van der Waals surface area contributed by atoms with Gasteiger partial charge >= 0.3 is 0 Å². The molecule has 1 aromatic carbocycles. The molecular weight excluding hydrogens is 234 g/mol. The Labute approximate surface area is 109 Å². The van der Waals surface area contributed by atoms with Crippen LogP contribution in [0.3, 0.4) is 0 Å². The maximum atomic E-state index is 5.91. The van der Waals surface area contributed by atoms with E-state index >= 15 is 0 Å². The van der Waals surface area contributed by atoms with Crippen LogP contribution in [0.4, 0.5) is 0 Å². The topological polar surface area (TPSA) is 12.5 Å². The minimum atomic E-state index is 0.159. The first-order valence-corrected chi connectivity index (χ1v) is 6.74. The summed E-state index contributed by atoms with van der Waals surface area (Å²) in [6.45, 7) is 6.26. The van der Waals surface area contributed by atoms with Gasteiger partial charge in [0.25, 0.3) is 0 Å². The summed E-state index contributed by atoms with van der Waals surface area (Å²) in [5, 5.41) is 0. The first-order valence-electron chi connectivity index (χ1n) is 6.21. The maximum Gasteiger partial charge on any atom is 0.0841 e. The van der Waals surface area contributed by atoms with Crippen molar-refractivity contribution >= 4 is 11.6 Å². The lowest BCUT2D eigenvalue weighted by atomic mass is 10.1. The predicted molar refractivity (Wildman–Crippen MR) is 71.5 cm³/mol. The number of hydrogen-bond donors (Lipinski definition) is 0. The highest BCUT2D eigenvalue weighted by atomic mass is 35.5. The maximum absolute atomic E-state index is 5.91. The Kier molecular flexibility index (Phi) is 4.43. The number of alkyl halides is 1. The normalized spacial score (nSPS) is 27.9. The van der Waals surface area contributed by atoms with Crippen molar-refractivity contribution in [1.82, 2.24) is 4.90 Å². The van der Waals surface area contributed by atoms with Gasteiger partial charge in [-0.15, -0.1) is 11.6 Å². The largest absolute Gasteiger partial charge is 0.371 e. The monoisotopic (exact) mass is 253 g/mol. The van der Waals surface area contributed by atoms with Crippen LogP contribution in [0.15, 0.2) is 30.3 Å². The third-order valence-electron chi connectivity index (χ3n) is 3.36. The van der Waals surface area contributed by atoms with Crippen LogP contribution in [0, 0.1) is 0 Å². The molecule has 0 radical (unpaired) electrons. The molecule has 2 nitrogen and oxygen atoms in total. The molecule has 0 amide bonds. The number of ether oxygens (including phenoxy) is 1. The zero-order valence-corrected chi connectivity index (χ0v) is 11.2. The van der Waals surface area contributed by atoms with Crippen molar-refractivity contribution in [3.63, 3.8) is 0 Å². The van der Waals surface area contributed by atoms with Crippen molar-refractivity contribution in [1.29, 1.82) is 0 Å². The predicted octanol–water partition coefficient (Wildman–Crippen LogP) is 3.08. The van der Waals surface area contributed by atoms with Crippen LogP contribution >= 0.6 is 11.6 Å². The van der Waals surface area contributed by atoms with Gasteiger partial charge in [0.2, 0.25) is 0 Å². The molecule has 94 valence electrons. The first kappa shape index (κ1) is 12.9. The minimum absolute atomic E-state index is 0.159. The van der Waals surface area contributed by atoms with Crippen LogP contribution in [0.25, 0.3) is 0 Å². The quantitative estimate of drug-likeness (QED) is 0.768. The molecule has 0 unspecified atom stereocenters. The first-order chi connectivity index (χ1) is 8.20. The van der Waals surface area contributed by atoms with Gasteiger partial charge in [-0.1, -0.05) is 30.3 Å². The van der Waals surface area contributed by atoms with Crippen molar-refractivity contribution in [2.75, 3.05) is 19.0 Å². The van der Waals surface area contributed by atoms with Crippen LogP contribution in [0.2, 0.25) is 0 Å². The molecule has 0 spiro atoms. The highest BCUT2D eigenvalue weighted by Crippen LogP contribution is 2.24. The highest BCUT2D eigenvalue weighted by Gasteiger charge is 2.28. The van der Waals surface area contributed by atoms with E-state index < -0.39 is 0 Å². The van der Waals surface area contributed by atoms with E-state index in [1.54, 1.807) is 0 Å². The lowest BCUT2D eigenvalue weighted by molar-refractivity contribution is -0.0774. The second-order valence-electron chi connectivity index (χ2n) is 4.76. The van der Waals surface area contributed by atoms with Gasteiger partial charge in [0, 0.05) is 25.0 Å². The lowest BCUT2D eigenvalue weighted by Gasteiger charge is -2.39. The van der Waals surface area contributed by atoms with Gasteiger partial charge in [-0.3, -0.25) is 4.90 Å². The minimum Gasteiger partial charge on any atom is -0.371 e. The number of nitrogens with zero attached hydrogens (tertiary/aromatic N) is 1. The molecule has 1 saturated heterocycles. The molecule has 1 aliphatic rings. The molecule has 1 aliphatic heterocycles. The molecule has 3 heteroatoms. The fourth-order valence-electron chi connectivity index (χ4n) is 2.42. The van der Waals surface area contributed by atoms with E-state index in [2.05, 4.69) is 49.1 Å². The Morgan fingerprint density at radius 3 is 2.71 bits per heavy atom. The number of hydrogen-bond acceptors (Lipinski definition) is 2. The fraction of sp³-hybridized carbons (Fsp3) is 0.571. The summed E-state index contributed by atoms with van der Waals surface area (Å²) in [6.07, 6.45) is 0.422. The number of morpholine rings is 1. The van der Waals surface area contributed by atoms with Crippen molar-refractivity contribution in [3.8, 4) is 0 Å². The summed E-state index contributed by atoms with van der Waals surface area (Å²) < 4.78 is 5.78. The molecule has 0 saturated carbocycles. The third-order valence-corrected chi connectivity index (χ3v) is 3.70. The summed E-state index contributed by atoms with van der Waals surface area (Å²) in [4.78, 5) is 2.45. The van der Waals surface area contributed by atoms with E-state index in [4.69, 9.17) is 16.3 Å². The van der Waals surface area contributed by atoms with E-state index in [0.29, 0.717) is 11.9 Å². The summed E-state index contributed by atoms with van der Waals surface area (Å²) in [5.74, 6) is 0.572. The van der Waals surface area contributed by atoms with Gasteiger partial charge < -0.3 is 4.74 Å². The van der Waals surface area contributed by atoms with Crippen molar-refractivity contribution in [2.24, 2.45) is 0 Å². The second kappa shape index (κ2) is 5.85. The molecule has 17 heavy (non-hydrogen) atoms. The van der Waals surface area contributed by atoms with Gasteiger partial charge in [0.15, 0.2) is 0 Å². The van der Waals surface area contributed by atoms with E-state index in [-0.39, 0.29) is 12.2 Å². The van der Waals surface area contributed by atoms with E-state index in [0.717, 1.165) is 13.1 Å². The molecule has 0 aromatic heterocycles. The Morgan fingerprint density at radius 1 is 1.35 bits per heavy atom. The molecule has 3 atom stereocenters. The van der Waals surface area contributed by atoms with Crippen molar-refractivity contribution in [3.05, 3.63) is 35.9 Å². The smallest absolute Gasteiger partial charge is 0.0841 e. The SMILES string of the molecule is C[C@H](c1ccccc1)N1C[C@@H](CCl)O[C@@H](C)C1. The van der Waals surface area contributed by atoms with Gasteiger partial charge in [-0.05, 0) is 19.4 Å². The average molecular weight is 254 g/mol. The van der Waals surface area contributed by atoms with E-state index in [1.165, 1.54) is 5.56 Å². The van der Waals surface area contributed by atoms with E-state index in [1.807, 2.05) is 0 Å². The summed E-state index contributed by atoms with van der Waals surface area (Å²) >= 11 is 5.91. The van der Waals surface area contributed by atoms with E-state index in [9.17, 15) is 0 Å². The Bertz CT molecular complexity index is 343. The lowest BCUT2D eigenvalue weighted by Crippen LogP contribution is -2.48. The van der Waals surface area contributed by atoms with Crippen LogP contribution in [0.5, 0.6) is 0 Å². The summed E-state index contributed by atoms with van der Waals surface area (Å²) in [5.41, 5.74) is 1.36. The van der Waals surface area contributed by atoms with Crippen LogP contribution < -0.4 is 0 Å². The third kappa shape index (κ3) is 3.21. The molecule has 1 fully saturated rings. The Balaban J connectivity index is 2.06. The van der Waals surface area contributed by atoms with Crippen molar-refractivity contribution < 1.29 is 4.74 Å².